The first-order valence-electron chi connectivity index (χ1n) is 5.19. The van der Waals surface area contributed by atoms with Gasteiger partial charge in [0.05, 0.1) is 0 Å². The number of benzene rings is 1. The first kappa shape index (κ1) is 12.8. The predicted molar refractivity (Wildman–Crippen MR) is 68.4 cm³/mol. The van der Waals surface area contributed by atoms with Crippen LogP contribution in [0.25, 0.3) is 6.08 Å². The normalized spacial score (nSPS) is 10.6. The van der Waals surface area contributed by atoms with Crippen molar-refractivity contribution in [1.29, 1.82) is 5.26 Å². The molecule has 0 heterocycles. The summed E-state index contributed by atoms with van der Waals surface area (Å²) < 4.78 is 0. The maximum atomic E-state index is 11.3. The summed E-state index contributed by atoms with van der Waals surface area (Å²) in [5, 5.41) is 11.3. The van der Waals surface area contributed by atoms with E-state index in [0.29, 0.717) is 0 Å². The highest BCUT2D eigenvalue weighted by molar-refractivity contribution is 6.01. The molecular weight excluding hydrogens is 214 g/mol. The molecule has 0 bridgehead atoms. The van der Waals surface area contributed by atoms with Gasteiger partial charge in [-0.25, -0.2) is 0 Å². The quantitative estimate of drug-likeness (QED) is 0.629. The maximum absolute atomic E-state index is 11.3. The van der Waals surface area contributed by atoms with E-state index in [0.717, 1.165) is 11.3 Å². The van der Waals surface area contributed by atoms with Crippen molar-refractivity contribution >= 4 is 17.7 Å². The number of nitrogens with one attached hydrogen (secondary N) is 1. The number of nitrogens with zero attached hydrogens (tertiary/aromatic N) is 2. The van der Waals surface area contributed by atoms with Gasteiger partial charge in [-0.3, -0.25) is 4.79 Å². The Bertz CT molecular complexity index is 466. The van der Waals surface area contributed by atoms with Crippen molar-refractivity contribution in [2.45, 2.75) is 0 Å². The van der Waals surface area contributed by atoms with E-state index in [-0.39, 0.29) is 11.5 Å². The van der Waals surface area contributed by atoms with Crippen molar-refractivity contribution in [1.82, 2.24) is 5.32 Å². The van der Waals surface area contributed by atoms with Gasteiger partial charge in [0.15, 0.2) is 0 Å². The highest BCUT2D eigenvalue weighted by atomic mass is 16.1. The van der Waals surface area contributed by atoms with E-state index in [2.05, 4.69) is 5.32 Å². The monoisotopic (exact) mass is 229 g/mol. The fourth-order valence-corrected chi connectivity index (χ4v) is 1.32. The van der Waals surface area contributed by atoms with Crippen molar-refractivity contribution in [2.24, 2.45) is 0 Å². The Morgan fingerprint density at radius 1 is 1.35 bits per heavy atom. The molecule has 0 fully saturated rings. The number of carbonyl (C=O) groups excluding carboxylic acids is 1. The fraction of sp³-hybridized carbons (Fsp3) is 0.231. The van der Waals surface area contributed by atoms with Crippen LogP contribution in [0, 0.1) is 11.3 Å². The molecule has 0 unspecified atom stereocenters. The number of likely N-dealkylation sites (N-methyl/N-ethyl adjacent to an activating group) is 1. The SMILES string of the molecule is CNC(=O)/C(C#N)=C/c1ccc(N(C)C)cc1. The number of rotatable bonds is 3. The number of carbonyl (C=O) groups is 1. The Hall–Kier alpha value is -2.28. The second kappa shape index (κ2) is 5.71. The van der Waals surface area contributed by atoms with E-state index in [1.165, 1.54) is 7.05 Å². The van der Waals surface area contributed by atoms with Crippen molar-refractivity contribution in [2.75, 3.05) is 26.0 Å². The van der Waals surface area contributed by atoms with Gasteiger partial charge in [0.1, 0.15) is 11.6 Å². The number of hydrogen-bond donors (Lipinski definition) is 1. The number of hydrogen-bond acceptors (Lipinski definition) is 3. The van der Waals surface area contributed by atoms with Gasteiger partial charge in [-0.2, -0.15) is 5.26 Å². The third-order valence-corrected chi connectivity index (χ3v) is 2.31. The molecule has 1 aromatic rings. The minimum Gasteiger partial charge on any atom is -0.378 e. The summed E-state index contributed by atoms with van der Waals surface area (Å²) >= 11 is 0. The van der Waals surface area contributed by atoms with Gasteiger partial charge in [0, 0.05) is 26.8 Å². The van der Waals surface area contributed by atoms with Crippen LogP contribution in [0.2, 0.25) is 0 Å². The fourth-order valence-electron chi connectivity index (χ4n) is 1.32. The van der Waals surface area contributed by atoms with E-state index in [4.69, 9.17) is 5.26 Å². The standard InChI is InChI=1S/C13H15N3O/c1-15-13(17)11(9-14)8-10-4-6-12(7-5-10)16(2)3/h4-8H,1-3H3,(H,15,17)/b11-8+. The zero-order chi connectivity index (χ0) is 12.8. The molecule has 1 aromatic carbocycles. The molecule has 17 heavy (non-hydrogen) atoms. The molecule has 0 saturated carbocycles. The average molecular weight is 229 g/mol. The Labute approximate surface area is 101 Å². The molecule has 4 heteroatoms. The third kappa shape index (κ3) is 3.35. The zero-order valence-electron chi connectivity index (χ0n) is 10.2. The number of anilines is 1. The molecule has 1 N–H and O–H groups in total. The van der Waals surface area contributed by atoms with Gasteiger partial charge in [0.2, 0.25) is 0 Å². The summed E-state index contributed by atoms with van der Waals surface area (Å²) in [6.45, 7) is 0. The summed E-state index contributed by atoms with van der Waals surface area (Å²) in [6, 6.07) is 9.49. The van der Waals surface area contributed by atoms with Gasteiger partial charge >= 0.3 is 0 Å². The second-order valence-corrected chi connectivity index (χ2v) is 3.73. The van der Waals surface area contributed by atoms with E-state index >= 15 is 0 Å². The minimum absolute atomic E-state index is 0.102. The summed E-state index contributed by atoms with van der Waals surface area (Å²) in [6.07, 6.45) is 1.57. The van der Waals surface area contributed by atoms with Crippen LogP contribution in [0.15, 0.2) is 29.8 Å². The van der Waals surface area contributed by atoms with Crippen molar-refractivity contribution in [3.63, 3.8) is 0 Å². The van der Waals surface area contributed by atoms with Crippen molar-refractivity contribution in [3.8, 4) is 6.07 Å². The van der Waals surface area contributed by atoms with Gasteiger partial charge in [-0.15, -0.1) is 0 Å². The van der Waals surface area contributed by atoms with E-state index < -0.39 is 0 Å². The van der Waals surface area contributed by atoms with Crippen LogP contribution in [0.4, 0.5) is 5.69 Å². The molecule has 0 atom stereocenters. The average Bonchev–Trinajstić information content (AvgIpc) is 2.35. The van der Waals surface area contributed by atoms with E-state index in [1.807, 2.05) is 49.3 Å². The van der Waals surface area contributed by atoms with Crippen LogP contribution in [-0.2, 0) is 4.79 Å². The molecule has 0 aliphatic heterocycles. The highest BCUT2D eigenvalue weighted by Crippen LogP contribution is 2.14. The lowest BCUT2D eigenvalue weighted by molar-refractivity contribution is -0.116. The van der Waals surface area contributed by atoms with Crippen LogP contribution in [-0.4, -0.2) is 27.1 Å². The summed E-state index contributed by atoms with van der Waals surface area (Å²) in [5.41, 5.74) is 2.00. The lowest BCUT2D eigenvalue weighted by atomic mass is 10.1. The van der Waals surface area contributed by atoms with Gasteiger partial charge in [-0.05, 0) is 23.8 Å². The largest absolute Gasteiger partial charge is 0.378 e. The molecule has 0 saturated heterocycles. The molecule has 88 valence electrons. The predicted octanol–water partition coefficient (Wildman–Crippen LogP) is 1.41. The first-order chi connectivity index (χ1) is 8.08. The third-order valence-electron chi connectivity index (χ3n) is 2.31. The Balaban J connectivity index is 2.98. The van der Waals surface area contributed by atoms with E-state index in [1.54, 1.807) is 6.08 Å². The number of nitriles is 1. The summed E-state index contributed by atoms with van der Waals surface area (Å²) in [4.78, 5) is 13.3. The molecule has 0 spiro atoms. The van der Waals surface area contributed by atoms with Crippen LogP contribution in [0.5, 0.6) is 0 Å². The highest BCUT2D eigenvalue weighted by Gasteiger charge is 2.05. The molecule has 1 amide bonds. The first-order valence-corrected chi connectivity index (χ1v) is 5.19. The number of amides is 1. The maximum Gasteiger partial charge on any atom is 0.261 e. The Kier molecular flexibility index (Phi) is 4.29. The second-order valence-electron chi connectivity index (χ2n) is 3.73. The molecule has 0 aromatic heterocycles. The summed E-state index contributed by atoms with van der Waals surface area (Å²) in [7, 11) is 5.41. The van der Waals surface area contributed by atoms with Crippen molar-refractivity contribution in [3.05, 3.63) is 35.4 Å². The molecular formula is C13H15N3O. The topological polar surface area (TPSA) is 56.1 Å². The molecule has 0 radical (unpaired) electrons. The van der Waals surface area contributed by atoms with Crippen molar-refractivity contribution < 1.29 is 4.79 Å². The molecule has 1 rings (SSSR count). The minimum atomic E-state index is -0.371. The molecule has 0 aliphatic carbocycles. The van der Waals surface area contributed by atoms with Gasteiger partial charge in [0.25, 0.3) is 5.91 Å². The van der Waals surface area contributed by atoms with Crippen LogP contribution < -0.4 is 10.2 Å². The lowest BCUT2D eigenvalue weighted by Gasteiger charge is -2.11. The molecule has 0 aliphatic rings. The summed E-state index contributed by atoms with van der Waals surface area (Å²) in [5.74, 6) is -0.371. The van der Waals surface area contributed by atoms with Crippen LogP contribution >= 0.6 is 0 Å². The van der Waals surface area contributed by atoms with Gasteiger partial charge < -0.3 is 10.2 Å². The Morgan fingerprint density at radius 2 is 1.94 bits per heavy atom. The lowest BCUT2D eigenvalue weighted by Crippen LogP contribution is -2.19. The zero-order valence-corrected chi connectivity index (χ0v) is 10.2. The smallest absolute Gasteiger partial charge is 0.261 e. The van der Waals surface area contributed by atoms with E-state index in [9.17, 15) is 4.79 Å². The Morgan fingerprint density at radius 3 is 2.35 bits per heavy atom. The van der Waals surface area contributed by atoms with Crippen LogP contribution in [0.1, 0.15) is 5.56 Å². The van der Waals surface area contributed by atoms with Gasteiger partial charge in [-0.1, -0.05) is 12.1 Å². The van der Waals surface area contributed by atoms with Crippen LogP contribution in [0.3, 0.4) is 0 Å². The molecule has 4 nitrogen and oxygen atoms in total.